The molecule has 1 atom stereocenters. The van der Waals surface area contributed by atoms with Crippen molar-refractivity contribution in [2.75, 3.05) is 13.1 Å². The lowest BCUT2D eigenvalue weighted by molar-refractivity contribution is -0.139. The van der Waals surface area contributed by atoms with Crippen molar-refractivity contribution in [3.63, 3.8) is 0 Å². The molecule has 0 fully saturated rings. The summed E-state index contributed by atoms with van der Waals surface area (Å²) >= 11 is 0. The highest BCUT2D eigenvalue weighted by Crippen LogP contribution is 2.09. The van der Waals surface area contributed by atoms with E-state index in [0.717, 1.165) is 24.8 Å². The molecule has 0 spiro atoms. The molecule has 18 heavy (non-hydrogen) atoms. The van der Waals surface area contributed by atoms with Gasteiger partial charge in [-0.25, -0.2) is 9.59 Å². The Bertz CT molecular complexity index is 339. The highest BCUT2D eigenvalue weighted by atomic mass is 16.4. The number of unbranched alkanes of at least 4 members (excludes halogenated alkanes) is 1. The number of carboxylic acid groups (broad SMARTS) is 1. The molecular weight excluding hydrogens is 232 g/mol. The monoisotopic (exact) mass is 254 g/mol. The van der Waals surface area contributed by atoms with Gasteiger partial charge < -0.3 is 15.3 Å². The lowest BCUT2D eigenvalue weighted by atomic mass is 10.1. The number of amides is 2. The van der Waals surface area contributed by atoms with Crippen LogP contribution in [0.4, 0.5) is 4.79 Å². The minimum atomic E-state index is -0.957. The maximum absolute atomic E-state index is 11.9. The third-order valence-electron chi connectivity index (χ3n) is 3.06. The fourth-order valence-electron chi connectivity index (χ4n) is 1.99. The summed E-state index contributed by atoms with van der Waals surface area (Å²) in [5.41, 5.74) is 1.15. The Kier molecular flexibility index (Phi) is 5.68. The summed E-state index contributed by atoms with van der Waals surface area (Å²) < 4.78 is 0. The van der Waals surface area contributed by atoms with Gasteiger partial charge in [0.1, 0.15) is 6.04 Å². The second kappa shape index (κ2) is 7.03. The van der Waals surface area contributed by atoms with E-state index in [4.69, 9.17) is 5.11 Å². The molecule has 1 aliphatic rings. The Morgan fingerprint density at radius 3 is 2.83 bits per heavy atom. The maximum Gasteiger partial charge on any atom is 0.326 e. The topological polar surface area (TPSA) is 69.6 Å². The number of carbonyl (C=O) groups is 2. The van der Waals surface area contributed by atoms with Crippen LogP contribution >= 0.6 is 0 Å². The predicted molar refractivity (Wildman–Crippen MR) is 69.4 cm³/mol. The molecule has 0 aliphatic carbocycles. The van der Waals surface area contributed by atoms with Crippen LogP contribution in [0.25, 0.3) is 0 Å². The second-order valence-corrected chi connectivity index (χ2v) is 4.74. The van der Waals surface area contributed by atoms with Gasteiger partial charge in [-0.3, -0.25) is 0 Å². The fraction of sp³-hybridized carbons (Fsp3) is 0.692. The van der Waals surface area contributed by atoms with Crippen molar-refractivity contribution in [1.82, 2.24) is 10.2 Å². The van der Waals surface area contributed by atoms with Crippen molar-refractivity contribution < 1.29 is 14.7 Å². The van der Waals surface area contributed by atoms with Gasteiger partial charge in [0.15, 0.2) is 0 Å². The largest absolute Gasteiger partial charge is 0.480 e. The summed E-state index contributed by atoms with van der Waals surface area (Å²) in [5.74, 6) is -0.957. The zero-order valence-corrected chi connectivity index (χ0v) is 11.1. The van der Waals surface area contributed by atoms with E-state index in [-0.39, 0.29) is 6.03 Å². The van der Waals surface area contributed by atoms with Crippen LogP contribution in [0, 0.1) is 0 Å². The minimum Gasteiger partial charge on any atom is -0.480 e. The van der Waals surface area contributed by atoms with Gasteiger partial charge in [0.05, 0.1) is 0 Å². The van der Waals surface area contributed by atoms with E-state index in [9.17, 15) is 9.59 Å². The van der Waals surface area contributed by atoms with Crippen LogP contribution in [0.2, 0.25) is 0 Å². The van der Waals surface area contributed by atoms with Gasteiger partial charge in [0.25, 0.3) is 0 Å². The van der Waals surface area contributed by atoms with E-state index in [2.05, 4.69) is 11.4 Å². The highest BCUT2D eigenvalue weighted by molar-refractivity contribution is 5.82. The van der Waals surface area contributed by atoms with Crippen LogP contribution in [-0.4, -0.2) is 41.1 Å². The van der Waals surface area contributed by atoms with Gasteiger partial charge >= 0.3 is 12.0 Å². The maximum atomic E-state index is 11.9. The van der Waals surface area contributed by atoms with Crippen molar-refractivity contribution >= 4 is 12.0 Å². The predicted octanol–water partition coefficient (Wildman–Crippen LogP) is 1.99. The number of nitrogens with one attached hydrogen (secondary N) is 1. The molecule has 0 bridgehead atoms. The summed E-state index contributed by atoms with van der Waals surface area (Å²) in [4.78, 5) is 24.7. The van der Waals surface area contributed by atoms with Gasteiger partial charge in [-0.1, -0.05) is 31.4 Å². The quantitative estimate of drug-likeness (QED) is 0.737. The number of rotatable bonds is 5. The SMILES string of the molecule is CCCC[C@H](NC(=O)N1CCC=C(C)C1)C(=O)O. The molecule has 1 rings (SSSR count). The molecule has 0 aromatic rings. The molecule has 1 heterocycles. The minimum absolute atomic E-state index is 0.272. The van der Waals surface area contributed by atoms with Gasteiger partial charge in [-0.15, -0.1) is 0 Å². The summed E-state index contributed by atoms with van der Waals surface area (Å²) in [6, 6.07) is -1.05. The van der Waals surface area contributed by atoms with E-state index >= 15 is 0 Å². The van der Waals surface area contributed by atoms with E-state index in [1.54, 1.807) is 4.90 Å². The van der Waals surface area contributed by atoms with Crippen molar-refractivity contribution in [2.45, 2.75) is 45.6 Å². The van der Waals surface area contributed by atoms with Gasteiger partial charge in [-0.05, 0) is 19.8 Å². The molecule has 0 aromatic carbocycles. The molecule has 0 unspecified atom stereocenters. The van der Waals surface area contributed by atoms with E-state index in [1.165, 1.54) is 0 Å². The van der Waals surface area contributed by atoms with Crippen molar-refractivity contribution in [3.05, 3.63) is 11.6 Å². The van der Waals surface area contributed by atoms with E-state index < -0.39 is 12.0 Å². The Balaban J connectivity index is 2.50. The first-order valence-corrected chi connectivity index (χ1v) is 6.48. The summed E-state index contributed by atoms with van der Waals surface area (Å²) in [5, 5.41) is 11.7. The Hall–Kier alpha value is -1.52. The molecule has 2 amide bonds. The van der Waals surface area contributed by atoms with Crippen molar-refractivity contribution in [2.24, 2.45) is 0 Å². The number of hydrogen-bond acceptors (Lipinski definition) is 2. The molecular formula is C13H22N2O3. The zero-order chi connectivity index (χ0) is 13.5. The molecule has 1 aliphatic heterocycles. The lowest BCUT2D eigenvalue weighted by Gasteiger charge is -2.27. The normalized spacial score (nSPS) is 17.0. The lowest BCUT2D eigenvalue weighted by Crippen LogP contribution is -2.49. The van der Waals surface area contributed by atoms with Crippen LogP contribution in [0.15, 0.2) is 11.6 Å². The zero-order valence-electron chi connectivity index (χ0n) is 11.1. The van der Waals surface area contributed by atoms with E-state index in [1.807, 2.05) is 13.8 Å². The molecule has 0 saturated heterocycles. The highest BCUT2D eigenvalue weighted by Gasteiger charge is 2.23. The fourth-order valence-corrected chi connectivity index (χ4v) is 1.99. The smallest absolute Gasteiger partial charge is 0.326 e. The molecule has 102 valence electrons. The van der Waals surface area contributed by atoms with E-state index in [0.29, 0.717) is 19.5 Å². The average molecular weight is 254 g/mol. The number of urea groups is 1. The molecule has 0 aromatic heterocycles. The summed E-state index contributed by atoms with van der Waals surface area (Å²) in [6.45, 7) is 5.22. The van der Waals surface area contributed by atoms with Crippen LogP contribution in [0.3, 0.4) is 0 Å². The third kappa shape index (κ3) is 4.39. The van der Waals surface area contributed by atoms with Crippen LogP contribution in [0.5, 0.6) is 0 Å². The third-order valence-corrected chi connectivity index (χ3v) is 3.06. The first kappa shape index (κ1) is 14.5. The van der Waals surface area contributed by atoms with Crippen molar-refractivity contribution in [1.29, 1.82) is 0 Å². The Labute approximate surface area is 108 Å². The van der Waals surface area contributed by atoms with Crippen LogP contribution < -0.4 is 5.32 Å². The number of carboxylic acids is 1. The average Bonchev–Trinajstić information content (AvgIpc) is 2.33. The molecule has 5 nitrogen and oxygen atoms in total. The number of carbonyl (C=O) groups excluding carboxylic acids is 1. The second-order valence-electron chi connectivity index (χ2n) is 4.74. The van der Waals surface area contributed by atoms with Crippen molar-refractivity contribution in [3.8, 4) is 0 Å². The standard InChI is InChI=1S/C13H22N2O3/c1-3-4-7-11(12(16)17)14-13(18)15-8-5-6-10(2)9-15/h6,11H,3-5,7-9H2,1-2H3,(H,14,18)(H,16,17)/t11-/m0/s1. The van der Waals surface area contributed by atoms with Crippen LogP contribution in [-0.2, 0) is 4.79 Å². The summed E-state index contributed by atoms with van der Waals surface area (Å²) in [7, 11) is 0. The van der Waals surface area contributed by atoms with Gasteiger partial charge in [0, 0.05) is 13.1 Å². The first-order chi connectivity index (χ1) is 8.54. The van der Waals surface area contributed by atoms with Crippen LogP contribution in [0.1, 0.15) is 39.5 Å². The first-order valence-electron chi connectivity index (χ1n) is 6.48. The number of aliphatic carboxylic acids is 1. The molecule has 0 saturated carbocycles. The number of nitrogens with zero attached hydrogens (tertiary/aromatic N) is 1. The Morgan fingerprint density at radius 1 is 1.56 bits per heavy atom. The molecule has 5 heteroatoms. The summed E-state index contributed by atoms with van der Waals surface area (Å²) in [6.07, 6.45) is 5.16. The Morgan fingerprint density at radius 2 is 2.28 bits per heavy atom. The number of hydrogen-bond donors (Lipinski definition) is 2. The van der Waals surface area contributed by atoms with Gasteiger partial charge in [0.2, 0.25) is 0 Å². The molecule has 0 radical (unpaired) electrons. The molecule has 2 N–H and O–H groups in total. The van der Waals surface area contributed by atoms with Gasteiger partial charge in [-0.2, -0.15) is 0 Å².